The molecule has 0 saturated carbocycles. The van der Waals surface area contributed by atoms with Crippen molar-refractivity contribution in [1.82, 2.24) is 9.88 Å². The number of amides is 2. The third-order valence-electron chi connectivity index (χ3n) is 4.17. The molecular weight excluding hydrogens is 322 g/mol. The van der Waals surface area contributed by atoms with Crippen LogP contribution in [0.15, 0.2) is 16.6 Å². The van der Waals surface area contributed by atoms with Gasteiger partial charge in [-0.3, -0.25) is 5.32 Å². The lowest BCUT2D eigenvalue weighted by molar-refractivity contribution is 0.154. The topological polar surface area (TPSA) is 54.5 Å². The van der Waals surface area contributed by atoms with Crippen molar-refractivity contribution in [2.75, 3.05) is 31.6 Å². The Kier molecular flexibility index (Phi) is 3.69. The third kappa shape index (κ3) is 2.67. The van der Waals surface area contributed by atoms with Gasteiger partial charge in [-0.05, 0) is 47.8 Å². The highest BCUT2D eigenvalue weighted by molar-refractivity contribution is 9.10. The fourth-order valence-electron chi connectivity index (χ4n) is 2.88. The second-order valence-corrected chi connectivity index (χ2v) is 6.52. The molecule has 1 atom stereocenters. The second kappa shape index (κ2) is 5.33. The molecule has 0 aromatic carbocycles. The summed E-state index contributed by atoms with van der Waals surface area (Å²) in [7, 11) is 0. The van der Waals surface area contributed by atoms with E-state index in [2.05, 4.69) is 26.2 Å². The molecule has 2 amide bonds. The van der Waals surface area contributed by atoms with Crippen LogP contribution in [0.5, 0.6) is 0 Å². The van der Waals surface area contributed by atoms with E-state index in [1.165, 1.54) is 0 Å². The molecule has 2 saturated heterocycles. The Morgan fingerprint density at radius 3 is 3.05 bits per heavy atom. The molecule has 1 unspecified atom stereocenters. The number of halogens is 1. The van der Waals surface area contributed by atoms with Crippen LogP contribution in [0.4, 0.5) is 10.6 Å². The van der Waals surface area contributed by atoms with Gasteiger partial charge < -0.3 is 9.64 Å². The highest BCUT2D eigenvalue weighted by Crippen LogP contribution is 2.38. The lowest BCUT2D eigenvalue weighted by Crippen LogP contribution is -2.35. The number of anilines is 1. The van der Waals surface area contributed by atoms with Gasteiger partial charge in [-0.2, -0.15) is 0 Å². The minimum Gasteiger partial charge on any atom is -0.381 e. The van der Waals surface area contributed by atoms with Gasteiger partial charge in [0.2, 0.25) is 0 Å². The van der Waals surface area contributed by atoms with Gasteiger partial charge in [-0.15, -0.1) is 0 Å². The molecule has 3 rings (SSSR count). The SMILES string of the molecule is Cc1nc(NC(=O)N2CCC3(CCOC3)C2)ccc1Br. The summed E-state index contributed by atoms with van der Waals surface area (Å²) in [6.45, 7) is 5.09. The number of urea groups is 1. The highest BCUT2D eigenvalue weighted by atomic mass is 79.9. The average molecular weight is 340 g/mol. The molecule has 1 aromatic heterocycles. The van der Waals surface area contributed by atoms with Gasteiger partial charge in [-0.25, -0.2) is 9.78 Å². The maximum atomic E-state index is 12.3. The summed E-state index contributed by atoms with van der Waals surface area (Å²) in [4.78, 5) is 18.5. The zero-order chi connectivity index (χ0) is 14.2. The fraction of sp³-hybridized carbons (Fsp3) is 0.571. The van der Waals surface area contributed by atoms with E-state index in [1.807, 2.05) is 17.9 Å². The molecule has 3 heterocycles. The zero-order valence-corrected chi connectivity index (χ0v) is 13.1. The first-order valence-electron chi connectivity index (χ1n) is 6.85. The smallest absolute Gasteiger partial charge is 0.323 e. The number of pyridine rings is 1. The average Bonchev–Trinajstić information content (AvgIpc) is 3.05. The van der Waals surface area contributed by atoms with E-state index < -0.39 is 0 Å². The van der Waals surface area contributed by atoms with Crippen LogP contribution in [0.3, 0.4) is 0 Å². The van der Waals surface area contributed by atoms with Crippen LogP contribution in [0.2, 0.25) is 0 Å². The van der Waals surface area contributed by atoms with Crippen LogP contribution in [0, 0.1) is 12.3 Å². The van der Waals surface area contributed by atoms with Crippen LogP contribution in [0.25, 0.3) is 0 Å². The van der Waals surface area contributed by atoms with Crippen LogP contribution >= 0.6 is 15.9 Å². The summed E-state index contributed by atoms with van der Waals surface area (Å²) in [5.41, 5.74) is 1.06. The Morgan fingerprint density at radius 1 is 1.50 bits per heavy atom. The van der Waals surface area contributed by atoms with Crippen molar-refractivity contribution in [2.24, 2.45) is 5.41 Å². The fourth-order valence-corrected chi connectivity index (χ4v) is 3.10. The van der Waals surface area contributed by atoms with Crippen molar-refractivity contribution in [3.05, 3.63) is 22.3 Å². The molecule has 5 nitrogen and oxygen atoms in total. The molecule has 1 aromatic rings. The van der Waals surface area contributed by atoms with E-state index in [9.17, 15) is 4.79 Å². The Morgan fingerprint density at radius 2 is 2.35 bits per heavy atom. The van der Waals surface area contributed by atoms with E-state index in [0.29, 0.717) is 5.82 Å². The number of carbonyl (C=O) groups is 1. The van der Waals surface area contributed by atoms with E-state index in [-0.39, 0.29) is 11.4 Å². The molecule has 2 fully saturated rings. The molecule has 6 heteroatoms. The van der Waals surface area contributed by atoms with Gasteiger partial charge in [0.1, 0.15) is 5.82 Å². The number of nitrogens with one attached hydrogen (secondary N) is 1. The van der Waals surface area contributed by atoms with E-state index in [4.69, 9.17) is 4.74 Å². The first-order chi connectivity index (χ1) is 9.58. The Bertz CT molecular complexity index is 529. The van der Waals surface area contributed by atoms with Crippen molar-refractivity contribution in [1.29, 1.82) is 0 Å². The van der Waals surface area contributed by atoms with Gasteiger partial charge in [0.05, 0.1) is 12.3 Å². The standard InChI is InChI=1S/C14H18BrN3O2/c1-10-11(15)2-3-12(16-10)17-13(19)18-6-4-14(8-18)5-7-20-9-14/h2-3H,4-9H2,1H3,(H,16,17,19). The zero-order valence-electron chi connectivity index (χ0n) is 11.5. The number of rotatable bonds is 1. The minimum atomic E-state index is -0.0667. The molecule has 1 spiro atoms. The van der Waals surface area contributed by atoms with Gasteiger partial charge in [0.25, 0.3) is 0 Å². The first kappa shape index (κ1) is 13.8. The van der Waals surface area contributed by atoms with Crippen LogP contribution in [-0.2, 0) is 4.74 Å². The van der Waals surface area contributed by atoms with Crippen LogP contribution < -0.4 is 5.32 Å². The number of carbonyl (C=O) groups excluding carboxylic acids is 1. The van der Waals surface area contributed by atoms with Crippen LogP contribution in [0.1, 0.15) is 18.5 Å². The van der Waals surface area contributed by atoms with Crippen molar-refractivity contribution >= 4 is 27.8 Å². The summed E-state index contributed by atoms with van der Waals surface area (Å²) in [6, 6.07) is 3.64. The van der Waals surface area contributed by atoms with Crippen molar-refractivity contribution in [3.8, 4) is 0 Å². The maximum absolute atomic E-state index is 12.3. The number of nitrogens with zero attached hydrogens (tertiary/aromatic N) is 2. The van der Waals surface area contributed by atoms with Crippen molar-refractivity contribution in [2.45, 2.75) is 19.8 Å². The predicted octanol–water partition coefficient (Wildman–Crippen LogP) is 2.80. The Balaban J connectivity index is 1.63. The molecule has 0 bridgehead atoms. The number of aromatic nitrogens is 1. The summed E-state index contributed by atoms with van der Waals surface area (Å²) in [6.07, 6.45) is 2.10. The van der Waals surface area contributed by atoms with E-state index >= 15 is 0 Å². The van der Waals surface area contributed by atoms with Gasteiger partial charge in [0, 0.05) is 29.6 Å². The summed E-state index contributed by atoms with van der Waals surface area (Å²) < 4.78 is 6.42. The monoisotopic (exact) mass is 339 g/mol. The number of hydrogen-bond donors (Lipinski definition) is 1. The molecule has 108 valence electrons. The summed E-state index contributed by atoms with van der Waals surface area (Å²) in [5, 5.41) is 2.87. The van der Waals surface area contributed by atoms with Crippen molar-refractivity contribution in [3.63, 3.8) is 0 Å². The lowest BCUT2D eigenvalue weighted by Gasteiger charge is -2.22. The summed E-state index contributed by atoms with van der Waals surface area (Å²) >= 11 is 3.40. The molecule has 0 radical (unpaired) electrons. The molecule has 2 aliphatic heterocycles. The van der Waals surface area contributed by atoms with Crippen LogP contribution in [-0.4, -0.2) is 42.2 Å². The third-order valence-corrected chi connectivity index (χ3v) is 5.00. The number of ether oxygens (including phenoxy) is 1. The Hall–Kier alpha value is -1.14. The number of hydrogen-bond acceptors (Lipinski definition) is 3. The number of aryl methyl sites for hydroxylation is 1. The van der Waals surface area contributed by atoms with E-state index in [1.54, 1.807) is 6.07 Å². The molecule has 1 N–H and O–H groups in total. The Labute approximate surface area is 126 Å². The van der Waals surface area contributed by atoms with E-state index in [0.717, 1.165) is 49.3 Å². The first-order valence-corrected chi connectivity index (χ1v) is 7.64. The normalized spacial score (nSPS) is 25.4. The summed E-state index contributed by atoms with van der Waals surface area (Å²) in [5.74, 6) is 0.597. The van der Waals surface area contributed by atoms with Gasteiger partial charge in [-0.1, -0.05) is 0 Å². The molecular formula is C14H18BrN3O2. The molecule has 20 heavy (non-hydrogen) atoms. The van der Waals surface area contributed by atoms with Gasteiger partial charge in [0.15, 0.2) is 0 Å². The van der Waals surface area contributed by atoms with Gasteiger partial charge >= 0.3 is 6.03 Å². The minimum absolute atomic E-state index is 0.0667. The second-order valence-electron chi connectivity index (χ2n) is 5.67. The lowest BCUT2D eigenvalue weighted by atomic mass is 9.87. The quantitative estimate of drug-likeness (QED) is 0.855. The predicted molar refractivity (Wildman–Crippen MR) is 79.8 cm³/mol. The highest BCUT2D eigenvalue weighted by Gasteiger charge is 2.42. The molecule has 2 aliphatic rings. The largest absolute Gasteiger partial charge is 0.381 e. The maximum Gasteiger partial charge on any atom is 0.323 e. The van der Waals surface area contributed by atoms with Crippen molar-refractivity contribution < 1.29 is 9.53 Å². The molecule has 0 aliphatic carbocycles. The number of likely N-dealkylation sites (tertiary alicyclic amines) is 1.